The standard InChI is InChI=1S/C30H47O2P.C14H10O4/c1-27(2,3)21-15-19(16-22(25(21)31-13)28(4,5)6)33-20-17-23(29(7,8)9)26(32-14)24(18-20)30(10,11)12;1-3-9(13-11(5-1)15-7-17-13)10-4-2-6-12-14(10)18-8-16-12/h15-18,33H,1-14H3;1-6H,7-8H2. The van der Waals surface area contributed by atoms with Gasteiger partial charge in [0.15, 0.2) is 23.0 Å². The molecule has 0 saturated carbocycles. The van der Waals surface area contributed by atoms with E-state index >= 15 is 0 Å². The van der Waals surface area contributed by atoms with E-state index < -0.39 is 0 Å². The number of hydrogen-bond donors (Lipinski definition) is 0. The van der Waals surface area contributed by atoms with Gasteiger partial charge in [-0.1, -0.05) is 116 Å². The third kappa shape index (κ3) is 8.28. The van der Waals surface area contributed by atoms with Crippen molar-refractivity contribution in [1.82, 2.24) is 0 Å². The molecule has 0 saturated heterocycles. The molecule has 2 heterocycles. The minimum absolute atomic E-state index is 0.00111. The Balaban J connectivity index is 0.000000231. The summed E-state index contributed by atoms with van der Waals surface area (Å²) in [5.74, 6) is 5.13. The summed E-state index contributed by atoms with van der Waals surface area (Å²) in [4.78, 5) is 0. The lowest BCUT2D eigenvalue weighted by molar-refractivity contribution is 0.173. The van der Waals surface area contributed by atoms with Crippen molar-refractivity contribution in [2.75, 3.05) is 27.8 Å². The highest BCUT2D eigenvalue weighted by Crippen LogP contribution is 2.48. The molecule has 51 heavy (non-hydrogen) atoms. The van der Waals surface area contributed by atoms with Crippen LogP contribution >= 0.6 is 8.58 Å². The molecule has 6 nitrogen and oxygen atoms in total. The quantitative estimate of drug-likeness (QED) is 0.192. The second-order valence-corrected chi connectivity index (χ2v) is 18.8. The van der Waals surface area contributed by atoms with Crippen molar-refractivity contribution in [2.24, 2.45) is 0 Å². The summed E-state index contributed by atoms with van der Waals surface area (Å²) in [6.07, 6.45) is 0. The van der Waals surface area contributed by atoms with Crippen LogP contribution in [0.4, 0.5) is 0 Å². The van der Waals surface area contributed by atoms with E-state index in [1.54, 1.807) is 14.2 Å². The Kier molecular flexibility index (Phi) is 10.7. The van der Waals surface area contributed by atoms with Crippen LogP contribution in [0.3, 0.4) is 0 Å². The SMILES string of the molecule is COc1c(C(C)(C)C)cc(Pc2cc(C(C)(C)C)c(OC)c(C(C)(C)C)c2)cc1C(C)(C)C.c1cc2c(c(-c3cccc4c3OCO4)c1)OCO2. The summed E-state index contributed by atoms with van der Waals surface area (Å²) in [6.45, 7) is 27.8. The Hall–Kier alpha value is -3.89. The van der Waals surface area contributed by atoms with E-state index in [9.17, 15) is 0 Å². The Labute approximate surface area is 307 Å². The lowest BCUT2D eigenvalue weighted by Crippen LogP contribution is -2.24. The number of para-hydroxylation sites is 2. The van der Waals surface area contributed by atoms with E-state index in [2.05, 4.69) is 107 Å². The fourth-order valence-electron chi connectivity index (χ4n) is 6.52. The zero-order valence-corrected chi connectivity index (χ0v) is 34.1. The topological polar surface area (TPSA) is 55.4 Å². The summed E-state index contributed by atoms with van der Waals surface area (Å²) in [7, 11) is 4.17. The van der Waals surface area contributed by atoms with Crippen LogP contribution in [0.2, 0.25) is 0 Å². The predicted octanol–water partition coefficient (Wildman–Crippen LogP) is 10.3. The summed E-state index contributed by atoms with van der Waals surface area (Å²) in [5, 5.41) is 2.71. The molecular weight excluding hydrogens is 655 g/mol. The molecule has 2 aliphatic rings. The fraction of sp³-hybridized carbons (Fsp3) is 0.455. The van der Waals surface area contributed by atoms with Crippen LogP contribution in [0.5, 0.6) is 34.5 Å². The lowest BCUT2D eigenvalue weighted by Gasteiger charge is -2.31. The Bertz CT molecular complexity index is 1670. The molecule has 0 spiro atoms. The molecule has 4 aromatic carbocycles. The number of methoxy groups -OCH3 is 2. The fourth-order valence-corrected chi connectivity index (χ4v) is 7.72. The van der Waals surface area contributed by atoms with Crippen LogP contribution < -0.4 is 39.0 Å². The largest absolute Gasteiger partial charge is 0.496 e. The Morgan fingerprint density at radius 1 is 0.471 bits per heavy atom. The van der Waals surface area contributed by atoms with E-state index in [-0.39, 0.29) is 35.2 Å². The van der Waals surface area contributed by atoms with Crippen LogP contribution in [-0.4, -0.2) is 27.8 Å². The maximum Gasteiger partial charge on any atom is 0.231 e. The van der Waals surface area contributed by atoms with Crippen molar-refractivity contribution < 1.29 is 28.4 Å². The molecule has 0 amide bonds. The normalized spacial score (nSPS) is 13.8. The minimum Gasteiger partial charge on any atom is -0.496 e. The first kappa shape index (κ1) is 38.3. The molecule has 4 aromatic rings. The van der Waals surface area contributed by atoms with E-state index in [1.165, 1.54) is 32.9 Å². The highest BCUT2D eigenvalue weighted by atomic mass is 31.1. The average molecular weight is 713 g/mol. The van der Waals surface area contributed by atoms with Gasteiger partial charge in [-0.15, -0.1) is 0 Å². The van der Waals surface area contributed by atoms with Gasteiger partial charge in [-0.05, 0) is 68.7 Å². The summed E-state index contributed by atoms with van der Waals surface area (Å²) >= 11 is 0. The van der Waals surface area contributed by atoms with Gasteiger partial charge in [0, 0.05) is 33.4 Å². The summed E-state index contributed by atoms with van der Waals surface area (Å²) in [5.41, 5.74) is 7.04. The minimum atomic E-state index is -0.00111. The number of benzene rings is 4. The maximum atomic E-state index is 5.98. The van der Waals surface area contributed by atoms with Crippen LogP contribution in [0, 0.1) is 0 Å². The zero-order valence-electron chi connectivity index (χ0n) is 33.1. The number of ether oxygens (including phenoxy) is 6. The molecule has 6 rings (SSSR count). The lowest BCUT2D eigenvalue weighted by atomic mass is 9.79. The molecule has 0 radical (unpaired) electrons. The van der Waals surface area contributed by atoms with Gasteiger partial charge in [0.1, 0.15) is 11.5 Å². The van der Waals surface area contributed by atoms with Gasteiger partial charge in [-0.3, -0.25) is 0 Å². The maximum absolute atomic E-state index is 5.98. The predicted molar refractivity (Wildman–Crippen MR) is 212 cm³/mol. The first-order valence-electron chi connectivity index (χ1n) is 17.7. The van der Waals surface area contributed by atoms with Gasteiger partial charge in [0.05, 0.1) is 14.2 Å². The van der Waals surface area contributed by atoms with Gasteiger partial charge < -0.3 is 28.4 Å². The molecule has 0 N–H and O–H groups in total. The first-order chi connectivity index (χ1) is 23.7. The van der Waals surface area contributed by atoms with Gasteiger partial charge in [-0.2, -0.15) is 0 Å². The third-order valence-corrected chi connectivity index (χ3v) is 10.3. The molecule has 2 aliphatic heterocycles. The highest BCUT2D eigenvalue weighted by Gasteiger charge is 2.30. The van der Waals surface area contributed by atoms with Gasteiger partial charge >= 0.3 is 0 Å². The van der Waals surface area contributed by atoms with E-state index in [0.29, 0.717) is 8.58 Å². The van der Waals surface area contributed by atoms with Crippen LogP contribution in [-0.2, 0) is 21.7 Å². The second kappa shape index (κ2) is 14.3. The van der Waals surface area contributed by atoms with Crippen molar-refractivity contribution in [1.29, 1.82) is 0 Å². The van der Waals surface area contributed by atoms with E-state index in [0.717, 1.165) is 45.6 Å². The monoisotopic (exact) mass is 712 g/mol. The van der Waals surface area contributed by atoms with Crippen molar-refractivity contribution in [3.8, 4) is 45.6 Å². The van der Waals surface area contributed by atoms with Crippen LogP contribution in [0.1, 0.15) is 105 Å². The van der Waals surface area contributed by atoms with Crippen molar-refractivity contribution in [3.63, 3.8) is 0 Å². The average Bonchev–Trinajstić information content (AvgIpc) is 3.73. The molecule has 0 atom stereocenters. The van der Waals surface area contributed by atoms with E-state index in [1.807, 2.05) is 36.4 Å². The molecule has 0 fully saturated rings. The van der Waals surface area contributed by atoms with Crippen LogP contribution in [0.15, 0.2) is 60.7 Å². The Morgan fingerprint density at radius 2 is 0.784 bits per heavy atom. The molecule has 0 bridgehead atoms. The smallest absolute Gasteiger partial charge is 0.231 e. The van der Waals surface area contributed by atoms with Crippen LogP contribution in [0.25, 0.3) is 11.1 Å². The van der Waals surface area contributed by atoms with Crippen molar-refractivity contribution in [3.05, 3.63) is 82.9 Å². The molecular formula is C44H57O6P. The van der Waals surface area contributed by atoms with Crippen molar-refractivity contribution in [2.45, 2.75) is 105 Å². The summed E-state index contributed by atoms with van der Waals surface area (Å²) in [6, 6.07) is 21.1. The van der Waals surface area contributed by atoms with Gasteiger partial charge in [-0.25, -0.2) is 0 Å². The van der Waals surface area contributed by atoms with E-state index in [4.69, 9.17) is 28.4 Å². The highest BCUT2D eigenvalue weighted by molar-refractivity contribution is 7.55. The number of rotatable bonds is 5. The third-order valence-electron chi connectivity index (χ3n) is 9.19. The van der Waals surface area contributed by atoms with Gasteiger partial charge in [0.25, 0.3) is 0 Å². The second-order valence-electron chi connectivity index (χ2n) is 17.4. The molecule has 0 aromatic heterocycles. The number of hydrogen-bond acceptors (Lipinski definition) is 6. The number of fused-ring (bicyclic) bond motifs is 2. The molecule has 274 valence electrons. The zero-order chi connectivity index (χ0) is 37.5. The Morgan fingerprint density at radius 3 is 1.06 bits per heavy atom. The summed E-state index contributed by atoms with van der Waals surface area (Å²) < 4.78 is 33.8. The van der Waals surface area contributed by atoms with Crippen molar-refractivity contribution >= 4 is 19.2 Å². The molecule has 0 aliphatic carbocycles. The first-order valence-corrected chi connectivity index (χ1v) is 18.7. The molecule has 0 unspecified atom stereocenters. The molecule has 7 heteroatoms. The van der Waals surface area contributed by atoms with Gasteiger partial charge in [0.2, 0.25) is 13.6 Å².